The van der Waals surface area contributed by atoms with Gasteiger partial charge < -0.3 is 14.8 Å². The molecule has 0 radical (unpaired) electrons. The molecule has 4 nitrogen and oxygen atoms in total. The van der Waals surface area contributed by atoms with E-state index in [4.69, 9.17) is 9.47 Å². The van der Waals surface area contributed by atoms with Crippen LogP contribution in [0.5, 0.6) is 11.5 Å². The monoisotopic (exact) mass is 345 g/mol. The lowest BCUT2D eigenvalue weighted by atomic mass is 9.84. The summed E-state index contributed by atoms with van der Waals surface area (Å²) in [4.78, 5) is 12.0. The zero-order chi connectivity index (χ0) is 14.4. The van der Waals surface area contributed by atoms with Crippen molar-refractivity contribution in [2.24, 2.45) is 0 Å². The van der Waals surface area contributed by atoms with Crippen molar-refractivity contribution in [2.75, 3.05) is 12.1 Å². The van der Waals surface area contributed by atoms with E-state index in [1.807, 2.05) is 30.3 Å². The number of carbonyl (C=O) groups is 1. The van der Waals surface area contributed by atoms with Gasteiger partial charge >= 0.3 is 0 Å². The van der Waals surface area contributed by atoms with Crippen LogP contribution in [0.3, 0.4) is 0 Å². The third kappa shape index (κ3) is 2.17. The second-order valence-corrected chi connectivity index (χ2v) is 6.07. The molecule has 2 aromatic rings. The predicted octanol–water partition coefficient (Wildman–Crippen LogP) is 3.65. The van der Waals surface area contributed by atoms with E-state index in [0.29, 0.717) is 12.2 Å². The van der Waals surface area contributed by atoms with E-state index in [9.17, 15) is 4.79 Å². The molecule has 4 rings (SSSR count). The lowest BCUT2D eigenvalue weighted by Gasteiger charge is -2.26. The van der Waals surface area contributed by atoms with Crippen LogP contribution in [0.4, 0.5) is 5.69 Å². The van der Waals surface area contributed by atoms with Crippen LogP contribution in [0, 0.1) is 0 Å². The first-order chi connectivity index (χ1) is 10.2. The van der Waals surface area contributed by atoms with Crippen LogP contribution >= 0.6 is 15.9 Å². The van der Waals surface area contributed by atoms with Crippen molar-refractivity contribution in [3.63, 3.8) is 0 Å². The minimum Gasteiger partial charge on any atom is -0.454 e. The second kappa shape index (κ2) is 4.77. The molecular weight excluding hydrogens is 334 g/mol. The van der Waals surface area contributed by atoms with E-state index in [1.54, 1.807) is 0 Å². The van der Waals surface area contributed by atoms with Crippen LogP contribution in [0.2, 0.25) is 0 Å². The Labute approximate surface area is 130 Å². The molecule has 2 aromatic carbocycles. The smallest absolute Gasteiger partial charge is 0.231 e. The first kappa shape index (κ1) is 12.7. The highest BCUT2D eigenvalue weighted by molar-refractivity contribution is 9.10. The fraction of sp³-hybridized carbons (Fsp3) is 0.188. The van der Waals surface area contributed by atoms with Crippen LogP contribution in [0.15, 0.2) is 40.9 Å². The largest absolute Gasteiger partial charge is 0.454 e. The molecule has 2 aliphatic rings. The Kier molecular flexibility index (Phi) is 2.89. The molecule has 106 valence electrons. The van der Waals surface area contributed by atoms with Gasteiger partial charge in [-0.3, -0.25) is 4.79 Å². The summed E-state index contributed by atoms with van der Waals surface area (Å²) in [6.07, 6.45) is 0.434. The highest BCUT2D eigenvalue weighted by Crippen LogP contribution is 2.44. The minimum absolute atomic E-state index is 0.0198. The Morgan fingerprint density at radius 3 is 2.76 bits per heavy atom. The van der Waals surface area contributed by atoms with Crippen LogP contribution in [0.1, 0.15) is 23.5 Å². The normalized spacial score (nSPS) is 19.1. The number of hydrogen-bond donors (Lipinski definition) is 1. The summed E-state index contributed by atoms with van der Waals surface area (Å²) in [5, 5.41) is 2.92. The summed E-state index contributed by atoms with van der Waals surface area (Å²) < 4.78 is 11.8. The molecule has 2 aliphatic heterocycles. The average molecular weight is 346 g/mol. The Morgan fingerprint density at radius 2 is 1.95 bits per heavy atom. The maximum absolute atomic E-state index is 12.0. The van der Waals surface area contributed by atoms with Crippen molar-refractivity contribution in [1.29, 1.82) is 0 Å². The van der Waals surface area contributed by atoms with Gasteiger partial charge in [-0.1, -0.05) is 28.1 Å². The van der Waals surface area contributed by atoms with Crippen LogP contribution in [0.25, 0.3) is 0 Å². The number of ether oxygens (including phenoxy) is 2. The van der Waals surface area contributed by atoms with Gasteiger partial charge in [0.05, 0.1) is 0 Å². The number of halogens is 1. The number of benzene rings is 2. The van der Waals surface area contributed by atoms with Crippen molar-refractivity contribution in [3.05, 3.63) is 52.0 Å². The Bertz CT molecular complexity index is 744. The minimum atomic E-state index is 0.0198. The highest BCUT2D eigenvalue weighted by atomic mass is 79.9. The average Bonchev–Trinajstić information content (AvgIpc) is 2.91. The fourth-order valence-electron chi connectivity index (χ4n) is 2.87. The van der Waals surface area contributed by atoms with Gasteiger partial charge in [0.25, 0.3) is 0 Å². The molecule has 0 aromatic heterocycles. The van der Waals surface area contributed by atoms with E-state index < -0.39 is 0 Å². The van der Waals surface area contributed by atoms with Crippen molar-refractivity contribution in [3.8, 4) is 11.5 Å². The molecule has 1 N–H and O–H groups in total. The number of rotatable bonds is 1. The molecule has 1 atom stereocenters. The van der Waals surface area contributed by atoms with Gasteiger partial charge in [0.1, 0.15) is 0 Å². The summed E-state index contributed by atoms with van der Waals surface area (Å²) in [6, 6.07) is 11.9. The topological polar surface area (TPSA) is 47.6 Å². The molecule has 1 unspecified atom stereocenters. The standard InChI is InChI=1S/C16H12BrNO3/c17-10-3-1-2-9(4-10)11-6-16(19)18-13-7-15-14(5-12(11)13)20-8-21-15/h1-5,7,11H,6,8H2,(H,18,19). The van der Waals surface area contributed by atoms with E-state index in [1.165, 1.54) is 0 Å². The molecule has 0 saturated heterocycles. The molecule has 21 heavy (non-hydrogen) atoms. The maximum atomic E-state index is 12.0. The first-order valence-corrected chi connectivity index (χ1v) is 7.49. The van der Waals surface area contributed by atoms with Crippen molar-refractivity contribution in [2.45, 2.75) is 12.3 Å². The summed E-state index contributed by atoms with van der Waals surface area (Å²) in [6.45, 7) is 0.230. The summed E-state index contributed by atoms with van der Waals surface area (Å²) in [5.74, 6) is 1.47. The van der Waals surface area contributed by atoms with E-state index in [-0.39, 0.29) is 18.6 Å². The lowest BCUT2D eigenvalue weighted by molar-refractivity contribution is -0.116. The molecule has 1 amide bonds. The Balaban J connectivity index is 1.85. The number of hydrogen-bond acceptors (Lipinski definition) is 3. The zero-order valence-electron chi connectivity index (χ0n) is 11.1. The molecular formula is C16H12BrNO3. The number of anilines is 1. The number of nitrogens with one attached hydrogen (secondary N) is 1. The predicted molar refractivity (Wildman–Crippen MR) is 81.8 cm³/mol. The fourth-order valence-corrected chi connectivity index (χ4v) is 3.29. The quantitative estimate of drug-likeness (QED) is 0.857. The van der Waals surface area contributed by atoms with Crippen molar-refractivity contribution < 1.29 is 14.3 Å². The van der Waals surface area contributed by atoms with Gasteiger partial charge in [0.2, 0.25) is 12.7 Å². The maximum Gasteiger partial charge on any atom is 0.231 e. The molecule has 0 aliphatic carbocycles. The number of carbonyl (C=O) groups excluding carboxylic acids is 1. The van der Waals surface area contributed by atoms with Gasteiger partial charge in [-0.2, -0.15) is 0 Å². The first-order valence-electron chi connectivity index (χ1n) is 6.69. The summed E-state index contributed by atoms with van der Waals surface area (Å²) in [5.41, 5.74) is 2.98. The van der Waals surface area contributed by atoms with E-state index in [0.717, 1.165) is 27.0 Å². The molecule has 5 heteroatoms. The molecule has 0 bridgehead atoms. The van der Waals surface area contributed by atoms with E-state index in [2.05, 4.69) is 27.3 Å². The van der Waals surface area contributed by atoms with Crippen LogP contribution in [-0.4, -0.2) is 12.7 Å². The van der Waals surface area contributed by atoms with Crippen LogP contribution < -0.4 is 14.8 Å². The van der Waals surface area contributed by atoms with Crippen LogP contribution in [-0.2, 0) is 4.79 Å². The van der Waals surface area contributed by atoms with E-state index >= 15 is 0 Å². The highest BCUT2D eigenvalue weighted by Gasteiger charge is 2.29. The van der Waals surface area contributed by atoms with Crippen molar-refractivity contribution >= 4 is 27.5 Å². The SMILES string of the molecule is O=C1CC(c2cccc(Br)c2)c2cc3c(cc2N1)OCO3. The molecule has 0 saturated carbocycles. The third-order valence-electron chi connectivity index (χ3n) is 3.83. The Morgan fingerprint density at radius 1 is 1.14 bits per heavy atom. The lowest BCUT2D eigenvalue weighted by Crippen LogP contribution is -2.23. The van der Waals surface area contributed by atoms with Gasteiger partial charge in [0, 0.05) is 28.6 Å². The third-order valence-corrected chi connectivity index (χ3v) is 4.33. The summed E-state index contributed by atoms with van der Waals surface area (Å²) >= 11 is 3.49. The van der Waals surface area contributed by atoms with Gasteiger partial charge in [-0.05, 0) is 29.3 Å². The number of amides is 1. The Hall–Kier alpha value is -2.01. The molecule has 0 spiro atoms. The molecule has 2 heterocycles. The number of fused-ring (bicyclic) bond motifs is 2. The van der Waals surface area contributed by atoms with Crippen molar-refractivity contribution in [1.82, 2.24) is 0 Å². The van der Waals surface area contributed by atoms with Gasteiger partial charge in [-0.15, -0.1) is 0 Å². The summed E-state index contributed by atoms with van der Waals surface area (Å²) in [7, 11) is 0. The zero-order valence-corrected chi connectivity index (χ0v) is 12.6. The van der Waals surface area contributed by atoms with Gasteiger partial charge in [-0.25, -0.2) is 0 Å². The van der Waals surface area contributed by atoms with Gasteiger partial charge in [0.15, 0.2) is 11.5 Å². The molecule has 0 fully saturated rings. The second-order valence-electron chi connectivity index (χ2n) is 5.15.